The standard InChI is InChI=1S/C25H49NO6Si/c1-16(2)33(17(3)4,18(5)6)31-13-12-19(7)14-21(22(27)15-20(8)23(28)29)26-24(30)32-25(9,10)11/h16-19,21-22,27H,8,12-15H2,1-7,9-11H3,(H,26,30)(H,28,29)/t19-,21+,22+/m1/s1. The van der Waals surface area contributed by atoms with Gasteiger partial charge in [0.25, 0.3) is 0 Å². The molecule has 0 unspecified atom stereocenters. The summed E-state index contributed by atoms with van der Waals surface area (Å²) in [5.74, 6) is -1.03. The molecule has 0 aromatic heterocycles. The summed E-state index contributed by atoms with van der Waals surface area (Å²) in [6, 6.07) is -0.659. The number of ether oxygens (including phenoxy) is 1. The van der Waals surface area contributed by atoms with E-state index in [1.165, 1.54) is 0 Å². The number of carbonyl (C=O) groups excluding carboxylic acids is 1. The van der Waals surface area contributed by atoms with Crippen LogP contribution in [0.5, 0.6) is 0 Å². The van der Waals surface area contributed by atoms with Crippen molar-refractivity contribution in [2.45, 2.75) is 123 Å². The molecule has 0 saturated heterocycles. The molecule has 33 heavy (non-hydrogen) atoms. The molecule has 0 saturated carbocycles. The van der Waals surface area contributed by atoms with Crippen LogP contribution in [0.1, 0.15) is 88.5 Å². The molecule has 0 radical (unpaired) electrons. The van der Waals surface area contributed by atoms with E-state index < -0.39 is 38.1 Å². The lowest BCUT2D eigenvalue weighted by atomic mass is 9.92. The van der Waals surface area contributed by atoms with Gasteiger partial charge < -0.3 is 24.7 Å². The van der Waals surface area contributed by atoms with Crippen LogP contribution in [0.3, 0.4) is 0 Å². The Hall–Kier alpha value is -1.38. The number of alkyl carbamates (subject to hydrolysis) is 1. The van der Waals surface area contributed by atoms with E-state index in [4.69, 9.17) is 14.3 Å². The van der Waals surface area contributed by atoms with Crippen molar-refractivity contribution in [1.82, 2.24) is 5.32 Å². The second-order valence-corrected chi connectivity index (χ2v) is 16.7. The van der Waals surface area contributed by atoms with Crippen molar-refractivity contribution >= 4 is 20.4 Å². The highest BCUT2D eigenvalue weighted by Crippen LogP contribution is 2.42. The molecule has 0 aliphatic carbocycles. The zero-order chi connectivity index (χ0) is 26.1. The van der Waals surface area contributed by atoms with Gasteiger partial charge in [0.15, 0.2) is 8.32 Å². The van der Waals surface area contributed by atoms with Crippen LogP contribution in [-0.2, 0) is 14.0 Å². The maximum Gasteiger partial charge on any atom is 0.407 e. The zero-order valence-corrected chi connectivity index (χ0v) is 23.5. The van der Waals surface area contributed by atoms with Gasteiger partial charge in [-0.15, -0.1) is 0 Å². The molecule has 7 nitrogen and oxygen atoms in total. The van der Waals surface area contributed by atoms with Gasteiger partial charge in [-0.05, 0) is 56.2 Å². The number of aliphatic hydroxyl groups is 1. The first-order chi connectivity index (χ1) is 14.9. The van der Waals surface area contributed by atoms with Gasteiger partial charge >= 0.3 is 12.1 Å². The number of carboxylic acid groups (broad SMARTS) is 1. The highest BCUT2D eigenvalue weighted by atomic mass is 28.4. The lowest BCUT2D eigenvalue weighted by Gasteiger charge is -2.42. The van der Waals surface area contributed by atoms with Crippen molar-refractivity contribution in [3.63, 3.8) is 0 Å². The summed E-state index contributed by atoms with van der Waals surface area (Å²) in [6.45, 7) is 25.0. The fraction of sp³-hybridized carbons (Fsp3) is 0.840. The zero-order valence-electron chi connectivity index (χ0n) is 22.5. The quantitative estimate of drug-likeness (QED) is 0.209. The number of hydrogen-bond acceptors (Lipinski definition) is 5. The van der Waals surface area contributed by atoms with E-state index in [-0.39, 0.29) is 17.9 Å². The third-order valence-corrected chi connectivity index (χ3v) is 12.4. The second kappa shape index (κ2) is 13.5. The van der Waals surface area contributed by atoms with Gasteiger partial charge in [0, 0.05) is 18.6 Å². The first-order valence-electron chi connectivity index (χ1n) is 12.2. The third-order valence-electron chi connectivity index (χ3n) is 6.25. The van der Waals surface area contributed by atoms with Crippen LogP contribution >= 0.6 is 0 Å². The first kappa shape index (κ1) is 31.6. The number of nitrogens with one attached hydrogen (secondary N) is 1. The van der Waals surface area contributed by atoms with Crippen molar-refractivity contribution in [2.24, 2.45) is 5.92 Å². The summed E-state index contributed by atoms with van der Waals surface area (Å²) >= 11 is 0. The van der Waals surface area contributed by atoms with E-state index in [1.54, 1.807) is 20.8 Å². The average molecular weight is 488 g/mol. The maximum absolute atomic E-state index is 12.3. The summed E-state index contributed by atoms with van der Waals surface area (Å²) in [4.78, 5) is 23.5. The SMILES string of the molecule is C=C(C[C@H](O)[C@H](C[C@H](C)CCO[Si](C(C)C)(C(C)C)C(C)C)NC(=O)OC(C)(C)C)C(=O)O. The van der Waals surface area contributed by atoms with Gasteiger partial charge in [-0.1, -0.05) is 55.0 Å². The summed E-state index contributed by atoms with van der Waals surface area (Å²) in [5, 5.41) is 22.5. The molecule has 0 aliphatic rings. The van der Waals surface area contributed by atoms with E-state index in [0.717, 1.165) is 6.42 Å². The van der Waals surface area contributed by atoms with Crippen LogP contribution in [0.15, 0.2) is 12.2 Å². The molecular weight excluding hydrogens is 438 g/mol. The van der Waals surface area contributed by atoms with E-state index >= 15 is 0 Å². The highest BCUT2D eigenvalue weighted by molar-refractivity contribution is 6.77. The lowest BCUT2D eigenvalue weighted by Crippen LogP contribution is -2.48. The molecular formula is C25H49NO6Si. The Morgan fingerprint density at radius 1 is 1.00 bits per heavy atom. The minimum absolute atomic E-state index is 0.101. The number of aliphatic carboxylic acids is 1. The van der Waals surface area contributed by atoms with Crippen LogP contribution in [0.4, 0.5) is 4.79 Å². The van der Waals surface area contributed by atoms with Gasteiger partial charge in [-0.25, -0.2) is 9.59 Å². The Bertz CT molecular complexity index is 620. The van der Waals surface area contributed by atoms with Crippen molar-refractivity contribution in [2.75, 3.05) is 6.61 Å². The Kier molecular flexibility index (Phi) is 12.9. The fourth-order valence-electron chi connectivity index (χ4n) is 4.74. The smallest absolute Gasteiger partial charge is 0.407 e. The first-order valence-corrected chi connectivity index (χ1v) is 14.3. The molecule has 1 amide bonds. The van der Waals surface area contributed by atoms with Crippen LogP contribution in [0, 0.1) is 5.92 Å². The Labute approximate surface area is 202 Å². The number of carboxylic acids is 1. The molecule has 0 rings (SSSR count). The number of rotatable bonds is 14. The lowest BCUT2D eigenvalue weighted by molar-refractivity contribution is -0.133. The van der Waals surface area contributed by atoms with Crippen LogP contribution in [0.25, 0.3) is 0 Å². The van der Waals surface area contributed by atoms with Crippen LogP contribution in [0.2, 0.25) is 16.6 Å². The van der Waals surface area contributed by atoms with Crippen molar-refractivity contribution < 1.29 is 29.0 Å². The van der Waals surface area contributed by atoms with Crippen LogP contribution in [-0.4, -0.2) is 54.9 Å². The van der Waals surface area contributed by atoms with Gasteiger partial charge in [-0.2, -0.15) is 0 Å². The maximum atomic E-state index is 12.3. The molecule has 0 aromatic carbocycles. The molecule has 0 heterocycles. The number of aliphatic hydroxyl groups excluding tert-OH is 1. The molecule has 3 N–H and O–H groups in total. The highest BCUT2D eigenvalue weighted by Gasteiger charge is 2.44. The Morgan fingerprint density at radius 2 is 1.48 bits per heavy atom. The van der Waals surface area contributed by atoms with E-state index in [2.05, 4.69) is 60.4 Å². The van der Waals surface area contributed by atoms with Gasteiger partial charge in [-0.3, -0.25) is 0 Å². The predicted octanol–water partition coefficient (Wildman–Crippen LogP) is 5.88. The summed E-state index contributed by atoms with van der Waals surface area (Å²) in [5.41, 5.74) is 0.716. The van der Waals surface area contributed by atoms with E-state index in [1.807, 2.05) is 0 Å². The minimum Gasteiger partial charge on any atom is -0.478 e. The summed E-state index contributed by atoms with van der Waals surface area (Å²) in [6.07, 6.45) is -0.610. The van der Waals surface area contributed by atoms with Gasteiger partial charge in [0.2, 0.25) is 0 Å². The largest absolute Gasteiger partial charge is 0.478 e. The second-order valence-electron chi connectivity index (χ2n) is 11.2. The Morgan fingerprint density at radius 3 is 1.88 bits per heavy atom. The molecule has 0 aromatic rings. The monoisotopic (exact) mass is 487 g/mol. The molecule has 194 valence electrons. The molecule has 8 heteroatoms. The summed E-state index contributed by atoms with van der Waals surface area (Å²) in [7, 11) is -1.96. The van der Waals surface area contributed by atoms with Crippen molar-refractivity contribution in [1.29, 1.82) is 0 Å². The number of hydrogen-bond donors (Lipinski definition) is 3. The number of carbonyl (C=O) groups is 2. The van der Waals surface area contributed by atoms with Crippen molar-refractivity contribution in [3.05, 3.63) is 12.2 Å². The molecule has 0 bridgehead atoms. The topological polar surface area (TPSA) is 105 Å². The van der Waals surface area contributed by atoms with Crippen molar-refractivity contribution in [3.8, 4) is 0 Å². The van der Waals surface area contributed by atoms with Gasteiger partial charge in [0.1, 0.15) is 5.60 Å². The van der Waals surface area contributed by atoms with E-state index in [0.29, 0.717) is 29.7 Å². The average Bonchev–Trinajstić information content (AvgIpc) is 2.61. The molecule has 0 spiro atoms. The van der Waals surface area contributed by atoms with E-state index in [9.17, 15) is 14.7 Å². The normalized spacial score (nSPS) is 15.5. The van der Waals surface area contributed by atoms with Gasteiger partial charge in [0.05, 0.1) is 12.1 Å². The number of amides is 1. The molecule has 0 aliphatic heterocycles. The molecule has 0 fully saturated rings. The minimum atomic E-state index is -1.96. The molecule has 3 atom stereocenters. The fourth-order valence-corrected chi connectivity index (χ4v) is 10.2. The summed E-state index contributed by atoms with van der Waals surface area (Å²) < 4.78 is 12.0. The Balaban J connectivity index is 5.27. The predicted molar refractivity (Wildman–Crippen MR) is 136 cm³/mol. The third kappa shape index (κ3) is 10.6. The van der Waals surface area contributed by atoms with Crippen LogP contribution < -0.4 is 5.32 Å².